The molecule has 0 spiro atoms. The van der Waals surface area contributed by atoms with E-state index >= 15 is 0 Å². The summed E-state index contributed by atoms with van der Waals surface area (Å²) in [6.45, 7) is 1.93. The second kappa shape index (κ2) is 3.18. The van der Waals surface area contributed by atoms with E-state index < -0.39 is 0 Å². The predicted molar refractivity (Wildman–Crippen MR) is 55.0 cm³/mol. The molecule has 0 aliphatic heterocycles. The van der Waals surface area contributed by atoms with Crippen molar-refractivity contribution in [2.45, 2.75) is 6.92 Å². The van der Waals surface area contributed by atoms with Crippen molar-refractivity contribution in [1.29, 1.82) is 0 Å². The first-order chi connectivity index (χ1) is 6.68. The van der Waals surface area contributed by atoms with Crippen LogP contribution in [0.3, 0.4) is 0 Å². The number of phenolic OH excluding ortho intramolecular Hbond substituents is 1. The fourth-order valence-electron chi connectivity index (χ4n) is 1.55. The summed E-state index contributed by atoms with van der Waals surface area (Å²) in [7, 11) is 1.87. The quantitative estimate of drug-likeness (QED) is 0.744. The zero-order valence-corrected chi connectivity index (χ0v) is 8.23. The van der Waals surface area contributed by atoms with E-state index in [1.807, 2.05) is 38.2 Å². The Hall–Kier alpha value is -1.77. The summed E-state index contributed by atoms with van der Waals surface area (Å²) in [6, 6.07) is 9.22. The topological polar surface area (TPSA) is 38.0 Å². The molecule has 0 saturated heterocycles. The molecule has 0 unspecified atom stereocenters. The number of aryl methyl sites for hydroxylation is 2. The van der Waals surface area contributed by atoms with Gasteiger partial charge in [-0.05, 0) is 25.1 Å². The van der Waals surface area contributed by atoms with Crippen LogP contribution in [0.5, 0.6) is 5.75 Å². The molecule has 72 valence electrons. The Morgan fingerprint density at radius 2 is 2.00 bits per heavy atom. The molecular weight excluding hydrogens is 176 g/mol. The molecule has 1 aromatic heterocycles. The van der Waals surface area contributed by atoms with Gasteiger partial charge >= 0.3 is 0 Å². The molecule has 0 fully saturated rings. The van der Waals surface area contributed by atoms with Crippen molar-refractivity contribution in [3.8, 4) is 17.0 Å². The Morgan fingerprint density at radius 3 is 2.57 bits per heavy atom. The number of rotatable bonds is 1. The summed E-state index contributed by atoms with van der Waals surface area (Å²) < 4.78 is 1.77. The lowest BCUT2D eigenvalue weighted by molar-refractivity contribution is 0.476. The van der Waals surface area contributed by atoms with E-state index in [0.29, 0.717) is 0 Å². The molecule has 0 bridgehead atoms. The van der Waals surface area contributed by atoms with Crippen LogP contribution in [0, 0.1) is 6.92 Å². The molecule has 3 nitrogen and oxygen atoms in total. The number of nitrogens with zero attached hydrogens (tertiary/aromatic N) is 2. The van der Waals surface area contributed by atoms with Crippen molar-refractivity contribution in [3.63, 3.8) is 0 Å². The van der Waals surface area contributed by atoms with Crippen LogP contribution >= 0.6 is 0 Å². The van der Waals surface area contributed by atoms with Gasteiger partial charge in [-0.25, -0.2) is 0 Å². The molecule has 14 heavy (non-hydrogen) atoms. The smallest absolute Gasteiger partial charge is 0.124 e. The molecule has 0 saturated carbocycles. The average Bonchev–Trinajstić information content (AvgIpc) is 2.46. The minimum absolute atomic E-state index is 0.288. The average molecular weight is 188 g/mol. The van der Waals surface area contributed by atoms with Gasteiger partial charge in [0, 0.05) is 12.6 Å². The number of hydrogen-bond donors (Lipinski definition) is 1. The van der Waals surface area contributed by atoms with Crippen molar-refractivity contribution in [3.05, 3.63) is 36.0 Å². The first-order valence-electron chi connectivity index (χ1n) is 4.47. The van der Waals surface area contributed by atoms with Gasteiger partial charge in [0.05, 0.1) is 11.4 Å². The van der Waals surface area contributed by atoms with E-state index in [1.165, 1.54) is 0 Å². The van der Waals surface area contributed by atoms with E-state index in [2.05, 4.69) is 5.10 Å². The van der Waals surface area contributed by atoms with Gasteiger partial charge in [0.15, 0.2) is 0 Å². The van der Waals surface area contributed by atoms with Gasteiger partial charge in [0.2, 0.25) is 0 Å². The number of benzene rings is 1. The lowest BCUT2D eigenvalue weighted by Gasteiger charge is -2.03. The number of aromatic hydroxyl groups is 1. The summed E-state index contributed by atoms with van der Waals surface area (Å²) in [5.41, 5.74) is 2.70. The maximum Gasteiger partial charge on any atom is 0.124 e. The zero-order chi connectivity index (χ0) is 10.1. The Kier molecular flexibility index (Phi) is 2.00. The van der Waals surface area contributed by atoms with Crippen molar-refractivity contribution in [1.82, 2.24) is 9.78 Å². The fourth-order valence-corrected chi connectivity index (χ4v) is 1.55. The third-order valence-corrected chi connectivity index (χ3v) is 2.18. The van der Waals surface area contributed by atoms with Crippen LogP contribution in [0.25, 0.3) is 11.3 Å². The summed E-state index contributed by atoms with van der Waals surface area (Å²) >= 11 is 0. The number of phenols is 1. The third-order valence-electron chi connectivity index (χ3n) is 2.18. The normalized spacial score (nSPS) is 10.4. The van der Waals surface area contributed by atoms with E-state index in [1.54, 1.807) is 10.7 Å². The zero-order valence-electron chi connectivity index (χ0n) is 8.23. The first kappa shape index (κ1) is 8.81. The molecule has 1 heterocycles. The van der Waals surface area contributed by atoms with E-state index in [-0.39, 0.29) is 5.75 Å². The molecule has 1 aromatic carbocycles. The van der Waals surface area contributed by atoms with Gasteiger partial charge in [-0.3, -0.25) is 4.68 Å². The fraction of sp³-hybridized carbons (Fsp3) is 0.182. The van der Waals surface area contributed by atoms with E-state index in [4.69, 9.17) is 0 Å². The highest BCUT2D eigenvalue weighted by Crippen LogP contribution is 2.28. The molecule has 3 heteroatoms. The molecule has 1 N–H and O–H groups in total. The molecule has 0 aliphatic rings. The van der Waals surface area contributed by atoms with Crippen LogP contribution in [0.2, 0.25) is 0 Å². The largest absolute Gasteiger partial charge is 0.507 e. The Balaban J connectivity index is 2.60. The SMILES string of the molecule is Cc1cc(-c2ccccc2O)n(C)n1. The maximum atomic E-state index is 9.66. The first-order valence-corrected chi connectivity index (χ1v) is 4.47. The molecule has 0 atom stereocenters. The predicted octanol–water partition coefficient (Wildman–Crippen LogP) is 2.10. The standard InChI is InChI=1S/C11H12N2O/c1-8-7-10(13(2)12-8)9-5-3-4-6-11(9)14/h3-7,14H,1-2H3. The van der Waals surface area contributed by atoms with Gasteiger partial charge in [0.25, 0.3) is 0 Å². The van der Waals surface area contributed by atoms with Crippen molar-refractivity contribution in [2.75, 3.05) is 0 Å². The van der Waals surface area contributed by atoms with Crippen LogP contribution < -0.4 is 0 Å². The summed E-state index contributed by atoms with van der Waals surface area (Å²) in [6.07, 6.45) is 0. The molecule has 0 radical (unpaired) electrons. The van der Waals surface area contributed by atoms with Crippen LogP contribution in [0.4, 0.5) is 0 Å². The molecule has 2 rings (SSSR count). The maximum absolute atomic E-state index is 9.66. The van der Waals surface area contributed by atoms with E-state index in [9.17, 15) is 5.11 Å². The van der Waals surface area contributed by atoms with Gasteiger partial charge in [-0.2, -0.15) is 5.10 Å². The lowest BCUT2D eigenvalue weighted by Crippen LogP contribution is -1.93. The number of para-hydroxylation sites is 1. The molecule has 0 amide bonds. The Labute approximate surface area is 82.6 Å². The second-order valence-corrected chi connectivity index (χ2v) is 3.31. The van der Waals surface area contributed by atoms with Crippen molar-refractivity contribution in [2.24, 2.45) is 7.05 Å². The molecular formula is C11H12N2O. The highest BCUT2D eigenvalue weighted by molar-refractivity contribution is 5.67. The van der Waals surface area contributed by atoms with Gasteiger partial charge in [-0.1, -0.05) is 12.1 Å². The van der Waals surface area contributed by atoms with Crippen molar-refractivity contribution < 1.29 is 5.11 Å². The number of aromatic nitrogens is 2. The lowest BCUT2D eigenvalue weighted by atomic mass is 10.1. The minimum Gasteiger partial charge on any atom is -0.507 e. The summed E-state index contributed by atoms with van der Waals surface area (Å²) in [5, 5.41) is 13.9. The van der Waals surface area contributed by atoms with Crippen LogP contribution in [0.15, 0.2) is 30.3 Å². The van der Waals surface area contributed by atoms with Gasteiger partial charge in [-0.15, -0.1) is 0 Å². The van der Waals surface area contributed by atoms with Crippen LogP contribution in [0.1, 0.15) is 5.69 Å². The summed E-state index contributed by atoms with van der Waals surface area (Å²) in [4.78, 5) is 0. The highest BCUT2D eigenvalue weighted by Gasteiger charge is 2.08. The summed E-state index contributed by atoms with van der Waals surface area (Å²) in [5.74, 6) is 0.288. The van der Waals surface area contributed by atoms with E-state index in [0.717, 1.165) is 17.0 Å². The molecule has 2 aromatic rings. The Morgan fingerprint density at radius 1 is 1.29 bits per heavy atom. The van der Waals surface area contributed by atoms with Crippen LogP contribution in [-0.4, -0.2) is 14.9 Å². The molecule has 0 aliphatic carbocycles. The highest BCUT2D eigenvalue weighted by atomic mass is 16.3. The van der Waals surface area contributed by atoms with Crippen LogP contribution in [-0.2, 0) is 7.05 Å². The monoisotopic (exact) mass is 188 g/mol. The minimum atomic E-state index is 0.288. The van der Waals surface area contributed by atoms with Gasteiger partial charge in [0.1, 0.15) is 5.75 Å². The number of hydrogen-bond acceptors (Lipinski definition) is 2. The second-order valence-electron chi connectivity index (χ2n) is 3.31. The third kappa shape index (κ3) is 1.37. The van der Waals surface area contributed by atoms with Crippen molar-refractivity contribution >= 4 is 0 Å². The van der Waals surface area contributed by atoms with Gasteiger partial charge < -0.3 is 5.11 Å². The Bertz CT molecular complexity index is 460.